The molecule has 0 bridgehead atoms. The molecule has 0 spiro atoms. The number of benzene rings is 2. The summed E-state index contributed by atoms with van der Waals surface area (Å²) in [5, 5.41) is 7.40. The molecular weight excluding hydrogens is 440 g/mol. The fourth-order valence-corrected chi connectivity index (χ4v) is 5.64. The Labute approximate surface area is 185 Å². The zero-order valence-electron chi connectivity index (χ0n) is 16.2. The molecule has 1 N–H and O–H groups in total. The van der Waals surface area contributed by atoms with E-state index < -0.39 is 10.0 Å². The monoisotopic (exact) mass is 460 g/mol. The van der Waals surface area contributed by atoms with Crippen molar-refractivity contribution in [1.29, 1.82) is 0 Å². The van der Waals surface area contributed by atoms with Gasteiger partial charge in [0.15, 0.2) is 0 Å². The summed E-state index contributed by atoms with van der Waals surface area (Å²) in [6.07, 6.45) is 4.61. The van der Waals surface area contributed by atoms with E-state index in [0.717, 1.165) is 36.1 Å². The summed E-state index contributed by atoms with van der Waals surface area (Å²) in [5.74, 6) is 0. The molecule has 1 aliphatic rings. The zero-order valence-corrected chi connectivity index (χ0v) is 18.6. The molecule has 1 aromatic heterocycles. The number of aromatic nitrogens is 1. The minimum Gasteiger partial charge on any atom is -0.253 e. The molecule has 0 atom stereocenters. The highest BCUT2D eigenvalue weighted by Crippen LogP contribution is 2.27. The molecule has 6 nitrogen and oxygen atoms in total. The van der Waals surface area contributed by atoms with Crippen molar-refractivity contribution in [2.45, 2.75) is 24.2 Å². The Bertz CT molecular complexity index is 1140. The first kappa shape index (κ1) is 21.0. The van der Waals surface area contributed by atoms with Gasteiger partial charge in [-0.1, -0.05) is 42.3 Å². The van der Waals surface area contributed by atoms with E-state index in [1.807, 2.05) is 29.6 Å². The summed E-state index contributed by atoms with van der Waals surface area (Å²) in [4.78, 5) is 4.85. The van der Waals surface area contributed by atoms with Crippen molar-refractivity contribution in [1.82, 2.24) is 9.29 Å². The smallest absolute Gasteiger partial charge is 0.243 e. The van der Waals surface area contributed by atoms with Crippen molar-refractivity contribution in [2.75, 3.05) is 18.5 Å². The zero-order chi connectivity index (χ0) is 21.0. The number of nitrogens with one attached hydrogen (secondary N) is 1. The van der Waals surface area contributed by atoms with Crippen LogP contribution in [0.2, 0.25) is 5.02 Å². The number of sulfonamides is 1. The lowest BCUT2D eigenvalue weighted by molar-refractivity contribution is 0.346. The Morgan fingerprint density at radius 1 is 1.10 bits per heavy atom. The average Bonchev–Trinajstić information content (AvgIpc) is 3.23. The second kappa shape index (κ2) is 9.26. The lowest BCUT2D eigenvalue weighted by Crippen LogP contribution is -2.35. The van der Waals surface area contributed by atoms with Crippen LogP contribution in [-0.2, 0) is 10.0 Å². The molecular formula is C21H21ClN4O2S2. The van der Waals surface area contributed by atoms with Gasteiger partial charge in [-0.2, -0.15) is 9.41 Å². The number of rotatable bonds is 6. The van der Waals surface area contributed by atoms with Crippen molar-refractivity contribution < 1.29 is 8.42 Å². The molecule has 3 aromatic rings. The number of thiazole rings is 1. The molecule has 4 rings (SSSR count). The molecule has 0 aliphatic carbocycles. The van der Waals surface area contributed by atoms with Crippen LogP contribution < -0.4 is 5.43 Å². The molecule has 2 heterocycles. The van der Waals surface area contributed by atoms with E-state index in [9.17, 15) is 8.42 Å². The Hall–Kier alpha value is -2.26. The standard InChI is InChI=1S/C21H21ClN4O2S2/c22-18-6-4-5-16(13-18)14-23-25-21-24-20(15-29-21)17-7-9-19(10-8-17)30(27,28)26-11-2-1-3-12-26/h4-10,13-15H,1-3,11-12H2,(H,24,25). The van der Waals surface area contributed by atoms with E-state index in [-0.39, 0.29) is 0 Å². The highest BCUT2D eigenvalue weighted by molar-refractivity contribution is 7.89. The van der Waals surface area contributed by atoms with Crippen LogP contribution in [0.15, 0.2) is 63.9 Å². The highest BCUT2D eigenvalue weighted by atomic mass is 35.5. The molecule has 30 heavy (non-hydrogen) atoms. The SMILES string of the molecule is O=S(=O)(c1ccc(-c2csc(NN=Cc3cccc(Cl)c3)n2)cc1)N1CCCCC1. The third-order valence-corrected chi connectivity index (χ3v) is 7.72. The van der Waals surface area contributed by atoms with Gasteiger partial charge in [-0.25, -0.2) is 13.4 Å². The van der Waals surface area contributed by atoms with E-state index in [1.54, 1.807) is 34.8 Å². The number of hydrogen-bond donors (Lipinski definition) is 1. The lowest BCUT2D eigenvalue weighted by Gasteiger charge is -2.25. The maximum absolute atomic E-state index is 12.8. The minimum atomic E-state index is -3.42. The molecule has 9 heteroatoms. The molecule has 0 amide bonds. The Morgan fingerprint density at radius 2 is 1.87 bits per heavy atom. The molecule has 0 saturated carbocycles. The predicted octanol–water partition coefficient (Wildman–Crippen LogP) is 5.08. The van der Waals surface area contributed by atoms with Gasteiger partial charge in [0.2, 0.25) is 15.2 Å². The quantitative estimate of drug-likeness (QED) is 0.411. The largest absolute Gasteiger partial charge is 0.253 e. The van der Waals surface area contributed by atoms with Gasteiger partial charge in [-0.05, 0) is 42.7 Å². The number of nitrogens with zero attached hydrogens (tertiary/aromatic N) is 3. The Balaban J connectivity index is 1.43. The maximum atomic E-state index is 12.8. The van der Waals surface area contributed by atoms with E-state index >= 15 is 0 Å². The molecule has 1 saturated heterocycles. The third kappa shape index (κ3) is 4.89. The summed E-state index contributed by atoms with van der Waals surface area (Å²) in [6, 6.07) is 14.3. The third-order valence-electron chi connectivity index (χ3n) is 4.83. The summed E-state index contributed by atoms with van der Waals surface area (Å²) in [7, 11) is -3.42. The number of hydrazone groups is 1. The normalized spacial score (nSPS) is 15.5. The van der Waals surface area contributed by atoms with Crippen molar-refractivity contribution in [3.8, 4) is 11.3 Å². The van der Waals surface area contributed by atoms with Gasteiger partial charge >= 0.3 is 0 Å². The van der Waals surface area contributed by atoms with Gasteiger partial charge < -0.3 is 0 Å². The molecule has 0 unspecified atom stereocenters. The molecule has 2 aromatic carbocycles. The minimum absolute atomic E-state index is 0.327. The van der Waals surface area contributed by atoms with E-state index in [4.69, 9.17) is 11.6 Å². The summed E-state index contributed by atoms with van der Waals surface area (Å²) < 4.78 is 27.1. The number of piperidine rings is 1. The first-order valence-corrected chi connectivity index (χ1v) is 12.3. The van der Waals surface area contributed by atoms with Crippen LogP contribution in [0.1, 0.15) is 24.8 Å². The van der Waals surface area contributed by atoms with Crippen LogP contribution in [0.5, 0.6) is 0 Å². The molecule has 0 radical (unpaired) electrons. The van der Waals surface area contributed by atoms with E-state index in [1.165, 1.54) is 11.3 Å². The number of hydrogen-bond acceptors (Lipinski definition) is 6. The van der Waals surface area contributed by atoms with Gasteiger partial charge in [-0.3, -0.25) is 5.43 Å². The Kier molecular flexibility index (Phi) is 6.48. The van der Waals surface area contributed by atoms with Gasteiger partial charge in [0, 0.05) is 29.1 Å². The summed E-state index contributed by atoms with van der Waals surface area (Å²) in [6.45, 7) is 1.20. The van der Waals surface area contributed by atoms with Crippen molar-refractivity contribution in [2.24, 2.45) is 5.10 Å². The van der Waals surface area contributed by atoms with Crippen LogP contribution in [0, 0.1) is 0 Å². The fraction of sp³-hybridized carbons (Fsp3) is 0.238. The maximum Gasteiger partial charge on any atom is 0.243 e. The van der Waals surface area contributed by atoms with Gasteiger partial charge in [0.25, 0.3) is 0 Å². The lowest BCUT2D eigenvalue weighted by atomic mass is 10.2. The number of anilines is 1. The van der Waals surface area contributed by atoms with Crippen molar-refractivity contribution in [3.63, 3.8) is 0 Å². The van der Waals surface area contributed by atoms with E-state index in [0.29, 0.717) is 28.1 Å². The topological polar surface area (TPSA) is 74.7 Å². The van der Waals surface area contributed by atoms with Gasteiger partial charge in [0.1, 0.15) is 0 Å². The Morgan fingerprint density at radius 3 is 2.60 bits per heavy atom. The number of halogens is 1. The first-order chi connectivity index (χ1) is 14.5. The second-order valence-electron chi connectivity index (χ2n) is 6.95. The average molecular weight is 461 g/mol. The molecule has 156 valence electrons. The highest BCUT2D eigenvalue weighted by Gasteiger charge is 2.25. The van der Waals surface area contributed by atoms with E-state index in [2.05, 4.69) is 15.5 Å². The van der Waals surface area contributed by atoms with Gasteiger partial charge in [-0.15, -0.1) is 11.3 Å². The van der Waals surface area contributed by atoms with Crippen molar-refractivity contribution >= 4 is 44.3 Å². The first-order valence-electron chi connectivity index (χ1n) is 9.63. The predicted molar refractivity (Wildman–Crippen MR) is 123 cm³/mol. The van der Waals surface area contributed by atoms with Crippen molar-refractivity contribution in [3.05, 3.63) is 64.5 Å². The van der Waals surface area contributed by atoms with Crippen LogP contribution in [0.25, 0.3) is 11.3 Å². The molecule has 1 fully saturated rings. The van der Waals surface area contributed by atoms with Crippen LogP contribution in [0.3, 0.4) is 0 Å². The summed E-state index contributed by atoms with van der Waals surface area (Å²) >= 11 is 7.39. The van der Waals surface area contributed by atoms with Crippen LogP contribution >= 0.6 is 22.9 Å². The summed E-state index contributed by atoms with van der Waals surface area (Å²) in [5.41, 5.74) is 5.42. The van der Waals surface area contributed by atoms with Crippen LogP contribution in [-0.4, -0.2) is 37.0 Å². The van der Waals surface area contributed by atoms with Gasteiger partial charge in [0.05, 0.1) is 16.8 Å². The van der Waals surface area contributed by atoms with Crippen LogP contribution in [0.4, 0.5) is 5.13 Å². The molecule has 1 aliphatic heterocycles. The second-order valence-corrected chi connectivity index (χ2v) is 10.2. The fourth-order valence-electron chi connectivity index (χ4n) is 3.26.